The lowest BCUT2D eigenvalue weighted by molar-refractivity contribution is -0.144. The first-order chi connectivity index (χ1) is 21.9. The van der Waals surface area contributed by atoms with Gasteiger partial charge in [0.25, 0.3) is 5.91 Å². The number of Topliss-reactive ketones (excluding diaryl/α,β-unsaturated/α-hetero) is 1. The van der Waals surface area contributed by atoms with Gasteiger partial charge in [-0.3, -0.25) is 19.2 Å². The molecule has 1 unspecified atom stereocenters. The molecule has 1 saturated carbocycles. The molecule has 13 nitrogen and oxygen atoms in total. The molecule has 4 N–H and O–H groups in total. The van der Waals surface area contributed by atoms with Crippen LogP contribution in [0.2, 0.25) is 0 Å². The molecule has 0 aromatic heterocycles. The van der Waals surface area contributed by atoms with Crippen LogP contribution in [0.25, 0.3) is 0 Å². The van der Waals surface area contributed by atoms with E-state index < -0.39 is 68.6 Å². The van der Waals surface area contributed by atoms with Gasteiger partial charge in [-0.25, -0.2) is 17.5 Å². The van der Waals surface area contributed by atoms with Crippen molar-refractivity contribution in [3.05, 3.63) is 12.7 Å². The number of carbonyl (C=O) groups is 5. The molecule has 14 heteroatoms. The van der Waals surface area contributed by atoms with Gasteiger partial charge in [-0.1, -0.05) is 66.4 Å². The zero-order valence-electron chi connectivity index (χ0n) is 29.4. The summed E-state index contributed by atoms with van der Waals surface area (Å²) in [4.78, 5) is 68.3. The number of nitrogens with one attached hydrogen (secondary N) is 4. The maximum Gasteiger partial charge on any atom is 0.315 e. The molecule has 4 atom stereocenters. The van der Waals surface area contributed by atoms with Crippen molar-refractivity contribution < 1.29 is 32.4 Å². The molecule has 2 rings (SSSR count). The van der Waals surface area contributed by atoms with Crippen LogP contribution in [0.3, 0.4) is 0 Å². The van der Waals surface area contributed by atoms with E-state index >= 15 is 0 Å². The number of nitrogens with zero attached hydrogens (tertiary/aromatic N) is 2. The molecule has 268 valence electrons. The van der Waals surface area contributed by atoms with Crippen molar-refractivity contribution in [2.45, 2.75) is 123 Å². The number of carbonyl (C=O) groups excluding carboxylic acids is 5. The van der Waals surface area contributed by atoms with Crippen molar-refractivity contribution in [1.82, 2.24) is 30.5 Å². The molecule has 0 spiro atoms. The van der Waals surface area contributed by atoms with Crippen molar-refractivity contribution in [2.24, 2.45) is 10.8 Å². The average Bonchev–Trinajstić information content (AvgIpc) is 3.51. The summed E-state index contributed by atoms with van der Waals surface area (Å²) in [5.74, 6) is -2.52. The van der Waals surface area contributed by atoms with Crippen LogP contribution in [0.5, 0.6) is 0 Å². The molecule has 2 aliphatic rings. The van der Waals surface area contributed by atoms with Crippen molar-refractivity contribution >= 4 is 39.6 Å². The first kappa shape index (κ1) is 40.2. The highest BCUT2D eigenvalue weighted by atomic mass is 32.2. The maximum absolute atomic E-state index is 14.4. The summed E-state index contributed by atoms with van der Waals surface area (Å²) in [5, 5.41) is 11.1. The Kier molecular flexibility index (Phi) is 14.9. The third-order valence-electron chi connectivity index (χ3n) is 9.52. The van der Waals surface area contributed by atoms with Gasteiger partial charge >= 0.3 is 6.03 Å². The standard InChI is InChI=1S/C33H58N6O7S/c1-9-16-23(26(40)29(42)34-20-10-2)35-28(41)24-17-15-21-39(24)30(43)27(33(7)18-13-12-14-19-33)37-31(44)36-25(32(4,5)6)22-38(8)47(45,46)11-3/h10,23-25,27H,2,9,11-22H2,1,3-8H3,(H,34,42)(H,35,41)(H2,36,37,44)/t23?,24-,25+,27+/m0/s1. The molecule has 0 radical (unpaired) electrons. The first-order valence-corrected chi connectivity index (χ1v) is 18.6. The Morgan fingerprint density at radius 3 is 2.21 bits per heavy atom. The number of urea groups is 1. The highest BCUT2D eigenvalue weighted by Gasteiger charge is 2.47. The van der Waals surface area contributed by atoms with Crippen LogP contribution < -0.4 is 21.3 Å². The van der Waals surface area contributed by atoms with E-state index in [9.17, 15) is 32.4 Å². The first-order valence-electron chi connectivity index (χ1n) is 17.0. The molecule has 0 aromatic rings. The summed E-state index contributed by atoms with van der Waals surface area (Å²) >= 11 is 0. The molecule has 1 aliphatic heterocycles. The zero-order valence-corrected chi connectivity index (χ0v) is 30.3. The van der Waals surface area contributed by atoms with E-state index in [4.69, 9.17) is 0 Å². The molecule has 1 heterocycles. The van der Waals surface area contributed by atoms with Crippen LogP contribution in [0.15, 0.2) is 12.7 Å². The van der Waals surface area contributed by atoms with Gasteiger partial charge in [-0.05, 0) is 49.9 Å². The Hall–Kier alpha value is -3.00. The lowest BCUT2D eigenvalue weighted by Crippen LogP contribution is -2.63. The highest BCUT2D eigenvalue weighted by molar-refractivity contribution is 7.89. The molecule has 1 aliphatic carbocycles. The smallest absolute Gasteiger partial charge is 0.315 e. The Labute approximate surface area is 281 Å². The van der Waals surface area contributed by atoms with E-state index in [1.54, 1.807) is 6.92 Å². The van der Waals surface area contributed by atoms with Crippen LogP contribution in [0.1, 0.15) is 99.3 Å². The van der Waals surface area contributed by atoms with Gasteiger partial charge in [0.1, 0.15) is 12.1 Å². The molecule has 0 aromatic carbocycles. The zero-order chi connectivity index (χ0) is 35.6. The second kappa shape index (κ2) is 17.4. The van der Waals surface area contributed by atoms with Crippen LogP contribution >= 0.6 is 0 Å². The van der Waals surface area contributed by atoms with Gasteiger partial charge in [0.15, 0.2) is 0 Å². The van der Waals surface area contributed by atoms with E-state index in [1.165, 1.54) is 22.3 Å². The summed E-state index contributed by atoms with van der Waals surface area (Å²) in [6.45, 7) is 15.1. The summed E-state index contributed by atoms with van der Waals surface area (Å²) < 4.78 is 26.2. The number of hydrogen-bond donors (Lipinski definition) is 4. The van der Waals surface area contributed by atoms with Crippen molar-refractivity contribution in [3.63, 3.8) is 0 Å². The van der Waals surface area contributed by atoms with Gasteiger partial charge < -0.3 is 26.2 Å². The Morgan fingerprint density at radius 1 is 1.02 bits per heavy atom. The van der Waals surface area contributed by atoms with Gasteiger partial charge in [-0.2, -0.15) is 0 Å². The van der Waals surface area contributed by atoms with Crippen LogP contribution in [0, 0.1) is 10.8 Å². The number of ketones is 1. The second-order valence-corrected chi connectivity index (χ2v) is 16.6. The minimum atomic E-state index is -3.49. The van der Waals surface area contributed by atoms with Crippen molar-refractivity contribution in [3.8, 4) is 0 Å². The molecule has 0 bridgehead atoms. The van der Waals surface area contributed by atoms with E-state index in [2.05, 4.69) is 27.8 Å². The van der Waals surface area contributed by atoms with Gasteiger partial charge in [0, 0.05) is 32.7 Å². The third-order valence-corrected chi connectivity index (χ3v) is 11.4. The van der Waals surface area contributed by atoms with Gasteiger partial charge in [0.2, 0.25) is 27.6 Å². The summed E-state index contributed by atoms with van der Waals surface area (Å²) in [7, 11) is -2.01. The topological polar surface area (TPSA) is 174 Å². The Balaban J connectivity index is 2.31. The van der Waals surface area contributed by atoms with Gasteiger partial charge in [-0.15, -0.1) is 6.58 Å². The normalized spacial score (nSPS) is 20.1. The molecule has 5 amide bonds. The summed E-state index contributed by atoms with van der Waals surface area (Å²) in [6, 6.07) is -3.98. The molecule has 1 saturated heterocycles. The lowest BCUT2D eigenvalue weighted by atomic mass is 9.70. The fourth-order valence-corrected chi connectivity index (χ4v) is 7.16. The third kappa shape index (κ3) is 11.0. The Morgan fingerprint density at radius 2 is 1.66 bits per heavy atom. The minimum absolute atomic E-state index is 0.0562. The maximum atomic E-state index is 14.4. The molecule has 2 fully saturated rings. The van der Waals surface area contributed by atoms with E-state index in [0.29, 0.717) is 38.6 Å². The largest absolute Gasteiger partial charge is 0.346 e. The van der Waals surface area contributed by atoms with Crippen LogP contribution in [0.4, 0.5) is 4.79 Å². The fourth-order valence-electron chi connectivity index (χ4n) is 6.34. The minimum Gasteiger partial charge on any atom is -0.346 e. The number of likely N-dealkylation sites (N-methyl/N-ethyl adjacent to an activating group) is 1. The molecular weight excluding hydrogens is 624 g/mol. The SMILES string of the molecule is C=CCNC(=O)C(=O)C(CCC)NC(=O)[C@@H]1CCCN1C(=O)[C@@H](NC(=O)N[C@H](CN(C)S(=O)(=O)CC)C(C)(C)C)C1(C)CCCCC1. The lowest BCUT2D eigenvalue weighted by Gasteiger charge is -2.43. The van der Waals surface area contributed by atoms with Crippen LogP contribution in [-0.2, 0) is 29.2 Å². The molecular formula is C33H58N6O7S. The predicted octanol–water partition coefficient (Wildman–Crippen LogP) is 2.47. The van der Waals surface area contributed by atoms with E-state index in [0.717, 1.165) is 19.3 Å². The molecule has 47 heavy (non-hydrogen) atoms. The van der Waals surface area contributed by atoms with Gasteiger partial charge in [0.05, 0.1) is 11.8 Å². The van der Waals surface area contributed by atoms with E-state index in [1.807, 2.05) is 34.6 Å². The van der Waals surface area contributed by atoms with E-state index in [-0.39, 0.29) is 31.2 Å². The quantitative estimate of drug-likeness (QED) is 0.143. The average molecular weight is 683 g/mol. The number of hydrogen-bond acceptors (Lipinski definition) is 7. The number of likely N-dealkylation sites (tertiary alicyclic amines) is 1. The fraction of sp³-hybridized carbons (Fsp3) is 0.788. The van der Waals surface area contributed by atoms with Crippen LogP contribution in [-0.4, -0.2) is 104 Å². The summed E-state index contributed by atoms with van der Waals surface area (Å²) in [5.41, 5.74) is -1.07. The van der Waals surface area contributed by atoms with Crippen molar-refractivity contribution in [1.29, 1.82) is 0 Å². The number of amides is 5. The predicted molar refractivity (Wildman–Crippen MR) is 182 cm³/mol. The summed E-state index contributed by atoms with van der Waals surface area (Å²) in [6.07, 6.45) is 7.45. The Bertz CT molecular complexity index is 1240. The number of sulfonamides is 1. The van der Waals surface area contributed by atoms with Crippen molar-refractivity contribution in [2.75, 3.05) is 32.4 Å². The highest BCUT2D eigenvalue weighted by Crippen LogP contribution is 2.40. The monoisotopic (exact) mass is 682 g/mol. The second-order valence-electron chi connectivity index (χ2n) is 14.3. The number of rotatable bonds is 16.